The molecule has 1 aliphatic rings. The molecule has 1 aromatic rings. The molecule has 0 amide bonds. The van der Waals surface area contributed by atoms with Gasteiger partial charge in [-0.05, 0) is 29.5 Å². The predicted octanol–water partition coefficient (Wildman–Crippen LogP) is 3.60. The molecule has 2 nitrogen and oxygen atoms in total. The normalized spacial score (nSPS) is 16.9. The first-order valence-electron chi connectivity index (χ1n) is 7.07. The molecule has 0 spiro atoms. The molecule has 0 N–H and O–H groups in total. The van der Waals surface area contributed by atoms with Crippen molar-refractivity contribution in [2.24, 2.45) is 0 Å². The van der Waals surface area contributed by atoms with E-state index in [1.807, 2.05) is 0 Å². The maximum atomic E-state index is 5.39. The lowest BCUT2D eigenvalue weighted by Crippen LogP contribution is -2.36. The molecular formula is C16H25NO. The minimum absolute atomic E-state index is 0.290. The highest BCUT2D eigenvalue weighted by molar-refractivity contribution is 5.48. The summed E-state index contributed by atoms with van der Waals surface area (Å²) in [4.78, 5) is 2.40. The second kappa shape index (κ2) is 5.75. The van der Waals surface area contributed by atoms with Gasteiger partial charge >= 0.3 is 0 Å². The van der Waals surface area contributed by atoms with Gasteiger partial charge in [0.05, 0.1) is 13.2 Å². The van der Waals surface area contributed by atoms with Crippen molar-refractivity contribution < 1.29 is 4.74 Å². The molecule has 0 radical (unpaired) electrons. The first-order valence-corrected chi connectivity index (χ1v) is 7.07. The Balaban J connectivity index is 2.09. The zero-order chi connectivity index (χ0) is 13.0. The average molecular weight is 247 g/mol. The molecular weight excluding hydrogens is 222 g/mol. The summed E-state index contributed by atoms with van der Waals surface area (Å²) in [6, 6.07) is 9.11. The number of anilines is 1. The summed E-state index contributed by atoms with van der Waals surface area (Å²) in [5.74, 6) is 0. The Kier molecular flexibility index (Phi) is 4.28. The van der Waals surface area contributed by atoms with Crippen LogP contribution in [0.25, 0.3) is 0 Å². The smallest absolute Gasteiger partial charge is 0.0642 e. The summed E-state index contributed by atoms with van der Waals surface area (Å²) < 4.78 is 5.39. The minimum atomic E-state index is 0.290. The first-order chi connectivity index (χ1) is 8.63. The van der Waals surface area contributed by atoms with Gasteiger partial charge in [-0.2, -0.15) is 0 Å². The molecule has 0 unspecified atom stereocenters. The van der Waals surface area contributed by atoms with Gasteiger partial charge in [-0.25, -0.2) is 0 Å². The summed E-state index contributed by atoms with van der Waals surface area (Å²) in [5.41, 5.74) is 3.06. The van der Waals surface area contributed by atoms with Gasteiger partial charge in [-0.15, -0.1) is 0 Å². The van der Waals surface area contributed by atoms with Crippen molar-refractivity contribution in [3.05, 3.63) is 29.8 Å². The zero-order valence-corrected chi connectivity index (χ0v) is 11.9. The van der Waals surface area contributed by atoms with Crippen molar-refractivity contribution >= 4 is 5.69 Å². The number of morpholine rings is 1. The van der Waals surface area contributed by atoms with Gasteiger partial charge in [-0.3, -0.25) is 0 Å². The predicted molar refractivity (Wildman–Crippen MR) is 77.4 cm³/mol. The van der Waals surface area contributed by atoms with Gasteiger partial charge in [0.2, 0.25) is 0 Å². The molecule has 2 rings (SSSR count). The fourth-order valence-electron chi connectivity index (χ4n) is 2.71. The molecule has 1 fully saturated rings. The number of hydrogen-bond acceptors (Lipinski definition) is 2. The van der Waals surface area contributed by atoms with Crippen molar-refractivity contribution in [1.29, 1.82) is 0 Å². The maximum absolute atomic E-state index is 5.39. The van der Waals surface area contributed by atoms with Crippen molar-refractivity contribution in [3.63, 3.8) is 0 Å². The highest BCUT2D eigenvalue weighted by Gasteiger charge is 2.19. The summed E-state index contributed by atoms with van der Waals surface area (Å²) in [5, 5.41) is 0. The van der Waals surface area contributed by atoms with E-state index in [1.165, 1.54) is 24.1 Å². The molecule has 1 aliphatic heterocycles. The van der Waals surface area contributed by atoms with Gasteiger partial charge in [0, 0.05) is 18.8 Å². The number of nitrogens with zero attached hydrogens (tertiary/aromatic N) is 1. The van der Waals surface area contributed by atoms with E-state index in [4.69, 9.17) is 4.74 Å². The second-order valence-electron chi connectivity index (χ2n) is 5.78. The standard InChI is InChI=1S/C16H25NO/c1-4-9-16(2,3)14-5-7-15(8-6-14)17-10-12-18-13-11-17/h5-8H,4,9-13H2,1-3H3. The van der Waals surface area contributed by atoms with E-state index >= 15 is 0 Å². The fourth-order valence-corrected chi connectivity index (χ4v) is 2.71. The zero-order valence-electron chi connectivity index (χ0n) is 11.9. The van der Waals surface area contributed by atoms with E-state index in [0.29, 0.717) is 0 Å². The maximum Gasteiger partial charge on any atom is 0.0642 e. The van der Waals surface area contributed by atoms with Crippen LogP contribution >= 0.6 is 0 Å². The largest absolute Gasteiger partial charge is 0.378 e. The summed E-state index contributed by atoms with van der Waals surface area (Å²) in [6.45, 7) is 10.6. The molecule has 0 aliphatic carbocycles. The molecule has 100 valence electrons. The SMILES string of the molecule is CCCC(C)(C)c1ccc(N2CCOCC2)cc1. The number of hydrogen-bond donors (Lipinski definition) is 0. The third kappa shape index (κ3) is 3.05. The van der Waals surface area contributed by atoms with Crippen LogP contribution in [-0.4, -0.2) is 26.3 Å². The first kappa shape index (κ1) is 13.4. The Hall–Kier alpha value is -1.02. The highest BCUT2D eigenvalue weighted by Crippen LogP contribution is 2.29. The van der Waals surface area contributed by atoms with E-state index < -0.39 is 0 Å². The van der Waals surface area contributed by atoms with Crippen LogP contribution in [0.5, 0.6) is 0 Å². The van der Waals surface area contributed by atoms with Crippen LogP contribution < -0.4 is 4.90 Å². The van der Waals surface area contributed by atoms with E-state index in [0.717, 1.165) is 26.3 Å². The fraction of sp³-hybridized carbons (Fsp3) is 0.625. The average Bonchev–Trinajstić information content (AvgIpc) is 2.40. The van der Waals surface area contributed by atoms with Crippen LogP contribution in [-0.2, 0) is 10.2 Å². The lowest BCUT2D eigenvalue weighted by Gasteiger charge is -2.30. The molecule has 18 heavy (non-hydrogen) atoms. The Morgan fingerprint density at radius 3 is 2.28 bits per heavy atom. The molecule has 0 aromatic heterocycles. The van der Waals surface area contributed by atoms with Crippen molar-refractivity contribution in [3.8, 4) is 0 Å². The number of rotatable bonds is 4. The quantitative estimate of drug-likeness (QED) is 0.806. The summed E-state index contributed by atoms with van der Waals surface area (Å²) in [7, 11) is 0. The molecule has 1 aromatic carbocycles. The molecule has 0 saturated carbocycles. The van der Waals surface area contributed by atoms with Crippen LogP contribution in [0.1, 0.15) is 39.2 Å². The van der Waals surface area contributed by atoms with Crippen molar-refractivity contribution in [1.82, 2.24) is 0 Å². The van der Waals surface area contributed by atoms with E-state index in [1.54, 1.807) is 0 Å². The van der Waals surface area contributed by atoms with Gasteiger partial charge in [0.15, 0.2) is 0 Å². The summed E-state index contributed by atoms with van der Waals surface area (Å²) >= 11 is 0. The number of benzene rings is 1. The van der Waals surface area contributed by atoms with Gasteiger partial charge in [0.25, 0.3) is 0 Å². The van der Waals surface area contributed by atoms with E-state index in [-0.39, 0.29) is 5.41 Å². The molecule has 2 heteroatoms. The Labute approximate surface area is 111 Å². The lowest BCUT2D eigenvalue weighted by molar-refractivity contribution is 0.122. The number of ether oxygens (including phenoxy) is 1. The van der Waals surface area contributed by atoms with Crippen molar-refractivity contribution in [2.45, 2.75) is 39.0 Å². The third-order valence-corrected chi connectivity index (χ3v) is 3.90. The molecule has 0 atom stereocenters. The second-order valence-corrected chi connectivity index (χ2v) is 5.78. The highest BCUT2D eigenvalue weighted by atomic mass is 16.5. The van der Waals surface area contributed by atoms with Crippen LogP contribution in [0.3, 0.4) is 0 Å². The van der Waals surface area contributed by atoms with Crippen LogP contribution in [0.15, 0.2) is 24.3 Å². The van der Waals surface area contributed by atoms with Gasteiger partial charge < -0.3 is 9.64 Å². The minimum Gasteiger partial charge on any atom is -0.378 e. The molecule has 1 heterocycles. The third-order valence-electron chi connectivity index (χ3n) is 3.90. The Bertz CT molecular complexity index is 363. The topological polar surface area (TPSA) is 12.5 Å². The molecule has 1 saturated heterocycles. The van der Waals surface area contributed by atoms with E-state index in [9.17, 15) is 0 Å². The van der Waals surface area contributed by atoms with E-state index in [2.05, 4.69) is 49.9 Å². The van der Waals surface area contributed by atoms with Crippen LogP contribution in [0.2, 0.25) is 0 Å². The van der Waals surface area contributed by atoms with Gasteiger partial charge in [-0.1, -0.05) is 39.3 Å². The van der Waals surface area contributed by atoms with Crippen molar-refractivity contribution in [2.75, 3.05) is 31.2 Å². The Morgan fingerprint density at radius 2 is 1.72 bits per heavy atom. The van der Waals surface area contributed by atoms with Crippen LogP contribution in [0.4, 0.5) is 5.69 Å². The monoisotopic (exact) mass is 247 g/mol. The Morgan fingerprint density at radius 1 is 1.11 bits per heavy atom. The lowest BCUT2D eigenvalue weighted by atomic mass is 9.81. The molecule has 0 bridgehead atoms. The van der Waals surface area contributed by atoms with Gasteiger partial charge in [0.1, 0.15) is 0 Å². The summed E-state index contributed by atoms with van der Waals surface area (Å²) in [6.07, 6.45) is 2.47. The van der Waals surface area contributed by atoms with Crippen LogP contribution in [0, 0.1) is 0 Å².